The van der Waals surface area contributed by atoms with E-state index in [9.17, 15) is 13.2 Å². The minimum absolute atomic E-state index is 0.0259. The van der Waals surface area contributed by atoms with E-state index in [0.717, 1.165) is 11.1 Å². The number of amides is 1. The van der Waals surface area contributed by atoms with Crippen LogP contribution in [0.2, 0.25) is 0 Å². The van der Waals surface area contributed by atoms with Crippen LogP contribution in [0.4, 0.5) is 0 Å². The highest BCUT2D eigenvalue weighted by atomic mass is 32.2. The lowest BCUT2D eigenvalue weighted by molar-refractivity contribution is 0.0909. The van der Waals surface area contributed by atoms with Gasteiger partial charge in [0.1, 0.15) is 0 Å². The van der Waals surface area contributed by atoms with Gasteiger partial charge >= 0.3 is 0 Å². The van der Waals surface area contributed by atoms with E-state index in [1.54, 1.807) is 18.2 Å². The molecule has 1 amide bonds. The highest BCUT2D eigenvalue weighted by Gasteiger charge is 2.24. The lowest BCUT2D eigenvalue weighted by atomic mass is 10.0. The number of rotatable bonds is 7. The summed E-state index contributed by atoms with van der Waals surface area (Å²) in [6, 6.07) is 18.8. The Kier molecular flexibility index (Phi) is 6.20. The molecule has 0 aliphatic carbocycles. The molecule has 7 heteroatoms. The summed E-state index contributed by atoms with van der Waals surface area (Å²) < 4.78 is 30.6. The standard InChI is InChI=1S/C22H24N2O4S/c1-16-9-11-17(12-10-16)19(24(2)3)15-23-22(25)20-13-14-21(28-20)29(26,27)18-7-5-4-6-8-18/h4-14,19H,15H2,1-3H3,(H,23,25). The molecule has 1 atom stereocenters. The summed E-state index contributed by atoms with van der Waals surface area (Å²) >= 11 is 0. The van der Waals surface area contributed by atoms with Crippen molar-refractivity contribution in [2.45, 2.75) is 23.0 Å². The Morgan fingerprint density at radius 2 is 1.66 bits per heavy atom. The lowest BCUT2D eigenvalue weighted by Crippen LogP contribution is -2.34. The van der Waals surface area contributed by atoms with Gasteiger partial charge in [-0.2, -0.15) is 0 Å². The SMILES string of the molecule is Cc1ccc(C(CNC(=O)c2ccc(S(=O)(=O)c3ccccc3)o2)N(C)C)cc1. The molecular weight excluding hydrogens is 388 g/mol. The van der Waals surface area contributed by atoms with Gasteiger partial charge in [-0.25, -0.2) is 8.42 Å². The third kappa shape index (κ3) is 4.75. The molecule has 1 heterocycles. The number of hydrogen-bond acceptors (Lipinski definition) is 5. The Morgan fingerprint density at radius 1 is 1.00 bits per heavy atom. The average Bonchev–Trinajstić information content (AvgIpc) is 3.21. The van der Waals surface area contributed by atoms with Crippen molar-refractivity contribution in [2.24, 2.45) is 0 Å². The molecule has 29 heavy (non-hydrogen) atoms. The van der Waals surface area contributed by atoms with E-state index in [1.807, 2.05) is 50.2 Å². The van der Waals surface area contributed by atoms with Crippen LogP contribution in [0.15, 0.2) is 81.1 Å². The number of carbonyl (C=O) groups excluding carboxylic acids is 1. The van der Waals surface area contributed by atoms with Gasteiger partial charge in [-0.1, -0.05) is 48.0 Å². The van der Waals surface area contributed by atoms with Crippen molar-refractivity contribution in [3.63, 3.8) is 0 Å². The molecule has 1 unspecified atom stereocenters. The van der Waals surface area contributed by atoms with Crippen LogP contribution in [0, 0.1) is 6.92 Å². The van der Waals surface area contributed by atoms with Crippen LogP contribution in [-0.4, -0.2) is 39.9 Å². The molecular formula is C22H24N2O4S. The van der Waals surface area contributed by atoms with Crippen LogP contribution in [0.5, 0.6) is 0 Å². The van der Waals surface area contributed by atoms with Gasteiger partial charge in [-0.3, -0.25) is 4.79 Å². The zero-order chi connectivity index (χ0) is 21.0. The highest BCUT2D eigenvalue weighted by molar-refractivity contribution is 7.91. The minimum atomic E-state index is -3.80. The molecule has 1 aromatic heterocycles. The van der Waals surface area contributed by atoms with Crippen molar-refractivity contribution in [3.8, 4) is 0 Å². The topological polar surface area (TPSA) is 79.6 Å². The molecule has 3 aromatic rings. The third-order valence-corrected chi connectivity index (χ3v) is 6.31. The van der Waals surface area contributed by atoms with E-state index in [-0.39, 0.29) is 21.8 Å². The van der Waals surface area contributed by atoms with E-state index < -0.39 is 15.7 Å². The molecule has 0 bridgehead atoms. The van der Waals surface area contributed by atoms with Crippen LogP contribution in [0.1, 0.15) is 27.7 Å². The van der Waals surface area contributed by atoms with Crippen molar-refractivity contribution in [1.29, 1.82) is 0 Å². The molecule has 6 nitrogen and oxygen atoms in total. The van der Waals surface area contributed by atoms with Crippen LogP contribution in [0.25, 0.3) is 0 Å². The first-order valence-electron chi connectivity index (χ1n) is 9.20. The normalized spacial score (nSPS) is 12.7. The smallest absolute Gasteiger partial charge is 0.287 e. The quantitative estimate of drug-likeness (QED) is 0.643. The second kappa shape index (κ2) is 8.63. The number of hydrogen-bond donors (Lipinski definition) is 1. The van der Waals surface area contributed by atoms with Crippen molar-refractivity contribution in [1.82, 2.24) is 10.2 Å². The van der Waals surface area contributed by atoms with Crippen molar-refractivity contribution < 1.29 is 17.6 Å². The fraction of sp³-hybridized carbons (Fsp3) is 0.227. The van der Waals surface area contributed by atoms with Gasteiger partial charge < -0.3 is 14.6 Å². The van der Waals surface area contributed by atoms with Crippen molar-refractivity contribution in [3.05, 3.63) is 83.6 Å². The van der Waals surface area contributed by atoms with E-state index in [1.165, 1.54) is 24.3 Å². The number of carbonyl (C=O) groups is 1. The van der Waals surface area contributed by atoms with Gasteiger partial charge in [0.15, 0.2) is 5.76 Å². The van der Waals surface area contributed by atoms with Gasteiger partial charge in [0.25, 0.3) is 5.91 Å². The van der Waals surface area contributed by atoms with Gasteiger partial charge in [0.2, 0.25) is 14.9 Å². The molecule has 0 aliphatic rings. The van der Waals surface area contributed by atoms with Crippen LogP contribution in [-0.2, 0) is 9.84 Å². The Morgan fingerprint density at radius 3 is 2.28 bits per heavy atom. The largest absolute Gasteiger partial charge is 0.439 e. The predicted octanol–water partition coefficient (Wildman–Crippen LogP) is 3.45. The molecule has 2 aromatic carbocycles. The van der Waals surface area contributed by atoms with Crippen LogP contribution < -0.4 is 5.32 Å². The molecule has 0 spiro atoms. The second-order valence-electron chi connectivity index (χ2n) is 7.04. The number of aryl methyl sites for hydroxylation is 1. The van der Waals surface area contributed by atoms with Gasteiger partial charge in [-0.15, -0.1) is 0 Å². The lowest BCUT2D eigenvalue weighted by Gasteiger charge is -2.25. The van der Waals surface area contributed by atoms with Gasteiger partial charge in [0.05, 0.1) is 10.9 Å². The molecule has 0 saturated carbocycles. The van der Waals surface area contributed by atoms with E-state index in [2.05, 4.69) is 5.32 Å². The fourth-order valence-corrected chi connectivity index (χ4v) is 4.16. The number of likely N-dealkylation sites (N-methyl/N-ethyl adjacent to an activating group) is 1. The molecule has 0 saturated heterocycles. The van der Waals surface area contributed by atoms with Crippen molar-refractivity contribution in [2.75, 3.05) is 20.6 Å². The highest BCUT2D eigenvalue weighted by Crippen LogP contribution is 2.23. The zero-order valence-corrected chi connectivity index (χ0v) is 17.4. The van der Waals surface area contributed by atoms with Crippen molar-refractivity contribution >= 4 is 15.7 Å². The summed E-state index contributed by atoms with van der Waals surface area (Å²) in [6.07, 6.45) is 0. The number of benzene rings is 2. The first-order valence-corrected chi connectivity index (χ1v) is 10.7. The fourth-order valence-electron chi connectivity index (χ4n) is 2.97. The molecule has 3 rings (SSSR count). The van der Waals surface area contributed by atoms with Crippen LogP contribution >= 0.6 is 0 Å². The second-order valence-corrected chi connectivity index (χ2v) is 8.92. The summed E-state index contributed by atoms with van der Waals surface area (Å²) in [5.74, 6) is -0.501. The Labute approximate surface area is 171 Å². The third-order valence-electron chi connectivity index (χ3n) is 4.66. The van der Waals surface area contributed by atoms with Crippen LogP contribution in [0.3, 0.4) is 0 Å². The van der Waals surface area contributed by atoms with Gasteiger partial charge in [0, 0.05) is 6.54 Å². The monoisotopic (exact) mass is 412 g/mol. The maximum absolute atomic E-state index is 12.6. The maximum Gasteiger partial charge on any atom is 0.287 e. The first-order chi connectivity index (χ1) is 13.8. The predicted molar refractivity (Wildman–Crippen MR) is 111 cm³/mol. The number of furan rings is 1. The maximum atomic E-state index is 12.6. The van der Waals surface area contributed by atoms with E-state index in [4.69, 9.17) is 4.42 Å². The Hall–Kier alpha value is -2.90. The molecule has 152 valence electrons. The minimum Gasteiger partial charge on any atom is -0.439 e. The molecule has 0 aliphatic heterocycles. The molecule has 0 fully saturated rings. The summed E-state index contributed by atoms with van der Waals surface area (Å²) in [5.41, 5.74) is 2.24. The van der Waals surface area contributed by atoms with Gasteiger partial charge in [-0.05, 0) is 50.8 Å². The number of sulfone groups is 1. The summed E-state index contributed by atoms with van der Waals surface area (Å²) in [5, 5.41) is 2.58. The average molecular weight is 413 g/mol. The first kappa shape index (κ1) is 20.8. The van der Waals surface area contributed by atoms with E-state index >= 15 is 0 Å². The summed E-state index contributed by atoms with van der Waals surface area (Å²) in [4.78, 5) is 14.6. The Bertz CT molecular complexity index is 1070. The summed E-state index contributed by atoms with van der Waals surface area (Å²) in [7, 11) is 0.0789. The van der Waals surface area contributed by atoms with E-state index in [0.29, 0.717) is 6.54 Å². The summed E-state index contributed by atoms with van der Waals surface area (Å²) in [6.45, 7) is 2.38. The Balaban J connectivity index is 1.72. The number of nitrogens with zero attached hydrogens (tertiary/aromatic N) is 1. The molecule has 0 radical (unpaired) electrons. The molecule has 1 N–H and O–H groups in total. The zero-order valence-electron chi connectivity index (χ0n) is 16.6. The number of nitrogens with one attached hydrogen (secondary N) is 1.